The summed E-state index contributed by atoms with van der Waals surface area (Å²) in [5.74, 6) is 1.12. The van der Waals surface area contributed by atoms with E-state index in [1.165, 1.54) is 16.5 Å². The summed E-state index contributed by atoms with van der Waals surface area (Å²) >= 11 is 0. The molecule has 1 aromatic carbocycles. The zero-order chi connectivity index (χ0) is 11.7. The maximum absolute atomic E-state index is 4.50. The minimum atomic E-state index is 0.541. The van der Waals surface area contributed by atoms with Gasteiger partial charge in [0.15, 0.2) is 0 Å². The van der Waals surface area contributed by atoms with E-state index >= 15 is 0 Å². The number of hydrogen-bond acceptors (Lipinski definition) is 1. The molecule has 16 heavy (non-hydrogen) atoms. The second kappa shape index (κ2) is 4.25. The monoisotopic (exact) mass is 213 g/mol. The van der Waals surface area contributed by atoms with E-state index < -0.39 is 0 Å². The molecule has 0 spiro atoms. The van der Waals surface area contributed by atoms with E-state index in [9.17, 15) is 0 Å². The van der Waals surface area contributed by atoms with Gasteiger partial charge in [-0.2, -0.15) is 0 Å². The van der Waals surface area contributed by atoms with Crippen molar-refractivity contribution < 1.29 is 0 Å². The van der Waals surface area contributed by atoms with E-state index in [0.717, 1.165) is 5.52 Å². The van der Waals surface area contributed by atoms with E-state index in [4.69, 9.17) is 0 Å². The molecular weight excluding hydrogens is 194 g/mol. The Morgan fingerprint density at radius 2 is 1.50 bits per heavy atom. The third kappa shape index (κ3) is 2.08. The Morgan fingerprint density at radius 1 is 0.875 bits per heavy atom. The molecule has 0 fully saturated rings. The highest BCUT2D eigenvalue weighted by Gasteiger charge is 2.04. The maximum atomic E-state index is 4.50. The van der Waals surface area contributed by atoms with Crippen molar-refractivity contribution in [3.05, 3.63) is 41.6 Å². The molecule has 0 amide bonds. The highest BCUT2D eigenvalue weighted by molar-refractivity contribution is 5.80. The van der Waals surface area contributed by atoms with Gasteiger partial charge in [0.25, 0.3) is 0 Å². The van der Waals surface area contributed by atoms with Crippen molar-refractivity contribution >= 4 is 10.9 Å². The molecule has 0 aliphatic heterocycles. The van der Waals surface area contributed by atoms with E-state index in [-0.39, 0.29) is 0 Å². The van der Waals surface area contributed by atoms with Gasteiger partial charge in [-0.25, -0.2) is 0 Å². The highest BCUT2D eigenvalue weighted by atomic mass is 14.6. The fraction of sp³-hybridized carbons (Fsp3) is 0.400. The van der Waals surface area contributed by atoms with Crippen LogP contribution in [0.5, 0.6) is 0 Å². The first-order valence-corrected chi connectivity index (χ1v) is 5.97. The zero-order valence-corrected chi connectivity index (χ0v) is 10.5. The number of aromatic nitrogens is 1. The Bertz CT molecular complexity index is 455. The van der Waals surface area contributed by atoms with Crippen molar-refractivity contribution in [1.29, 1.82) is 0 Å². The first-order chi connectivity index (χ1) is 7.58. The van der Waals surface area contributed by atoms with Crippen molar-refractivity contribution in [3.8, 4) is 0 Å². The van der Waals surface area contributed by atoms with Gasteiger partial charge in [0, 0.05) is 11.6 Å². The summed E-state index contributed by atoms with van der Waals surface area (Å²) < 4.78 is 0. The van der Waals surface area contributed by atoms with Crippen molar-refractivity contribution in [2.75, 3.05) is 0 Å². The van der Waals surface area contributed by atoms with E-state index in [1.54, 1.807) is 0 Å². The third-order valence-electron chi connectivity index (χ3n) is 3.06. The van der Waals surface area contributed by atoms with Crippen LogP contribution in [-0.2, 0) is 0 Å². The summed E-state index contributed by atoms with van der Waals surface area (Å²) in [6.07, 6.45) is 1.99. The van der Waals surface area contributed by atoms with Gasteiger partial charge in [0.1, 0.15) is 0 Å². The van der Waals surface area contributed by atoms with Crippen LogP contribution in [0.1, 0.15) is 50.7 Å². The Labute approximate surface area is 97.5 Å². The predicted molar refractivity (Wildman–Crippen MR) is 69.9 cm³/mol. The lowest BCUT2D eigenvalue weighted by Gasteiger charge is -2.09. The molecule has 0 aliphatic carbocycles. The Hall–Kier alpha value is -1.37. The average molecular weight is 213 g/mol. The molecule has 0 bridgehead atoms. The number of nitrogens with zero attached hydrogens (tertiary/aromatic N) is 1. The van der Waals surface area contributed by atoms with Crippen LogP contribution in [0.3, 0.4) is 0 Å². The summed E-state index contributed by atoms with van der Waals surface area (Å²) in [6, 6.07) is 8.82. The van der Waals surface area contributed by atoms with Crippen LogP contribution in [0.15, 0.2) is 30.5 Å². The van der Waals surface area contributed by atoms with Crippen molar-refractivity contribution in [2.24, 2.45) is 0 Å². The lowest BCUT2D eigenvalue weighted by molar-refractivity contribution is 0.859. The molecule has 1 heterocycles. The molecule has 0 saturated heterocycles. The smallest absolute Gasteiger partial charge is 0.0702 e. The molecule has 1 aromatic heterocycles. The summed E-state index contributed by atoms with van der Waals surface area (Å²) in [5.41, 5.74) is 3.79. The SMILES string of the molecule is CC(C)c1ccc2ncc(C(C)C)cc2c1. The van der Waals surface area contributed by atoms with Crippen LogP contribution >= 0.6 is 0 Å². The Kier molecular flexibility index (Phi) is 2.95. The number of benzene rings is 1. The van der Waals surface area contributed by atoms with Crippen LogP contribution in [0.4, 0.5) is 0 Å². The second-order valence-corrected chi connectivity index (χ2v) is 5.03. The topological polar surface area (TPSA) is 12.9 Å². The molecule has 2 aromatic rings. The van der Waals surface area contributed by atoms with Crippen molar-refractivity contribution in [1.82, 2.24) is 4.98 Å². The van der Waals surface area contributed by atoms with Crippen LogP contribution in [0.2, 0.25) is 0 Å². The molecule has 1 nitrogen and oxygen atoms in total. The number of hydrogen-bond donors (Lipinski definition) is 0. The van der Waals surface area contributed by atoms with Gasteiger partial charge in [-0.15, -0.1) is 0 Å². The summed E-state index contributed by atoms with van der Waals surface area (Å²) in [7, 11) is 0. The van der Waals surface area contributed by atoms with Gasteiger partial charge >= 0.3 is 0 Å². The molecule has 1 heteroatoms. The van der Waals surface area contributed by atoms with Gasteiger partial charge in [-0.05, 0) is 41.2 Å². The van der Waals surface area contributed by atoms with Crippen molar-refractivity contribution in [3.63, 3.8) is 0 Å². The summed E-state index contributed by atoms with van der Waals surface area (Å²) in [4.78, 5) is 4.50. The lowest BCUT2D eigenvalue weighted by atomic mass is 9.98. The van der Waals surface area contributed by atoms with E-state index in [0.29, 0.717) is 11.8 Å². The molecule has 2 rings (SSSR count). The summed E-state index contributed by atoms with van der Waals surface area (Å²) in [5, 5.41) is 1.26. The van der Waals surface area contributed by atoms with Gasteiger partial charge in [-0.3, -0.25) is 4.98 Å². The normalized spacial score (nSPS) is 11.6. The molecule has 0 saturated carbocycles. The third-order valence-corrected chi connectivity index (χ3v) is 3.06. The first kappa shape index (κ1) is 11.1. The van der Waals surface area contributed by atoms with Gasteiger partial charge in [0.05, 0.1) is 5.52 Å². The largest absolute Gasteiger partial charge is 0.256 e. The molecule has 84 valence electrons. The van der Waals surface area contributed by atoms with Crippen molar-refractivity contribution in [2.45, 2.75) is 39.5 Å². The molecular formula is C15H19N. The van der Waals surface area contributed by atoms with Crippen LogP contribution in [0.25, 0.3) is 10.9 Å². The minimum Gasteiger partial charge on any atom is -0.256 e. The second-order valence-electron chi connectivity index (χ2n) is 5.03. The maximum Gasteiger partial charge on any atom is 0.0702 e. The molecule has 0 N–H and O–H groups in total. The van der Waals surface area contributed by atoms with Crippen LogP contribution in [0, 0.1) is 0 Å². The molecule has 0 aliphatic rings. The van der Waals surface area contributed by atoms with E-state index in [2.05, 4.69) is 56.9 Å². The van der Waals surface area contributed by atoms with Gasteiger partial charge in [-0.1, -0.05) is 33.8 Å². The fourth-order valence-electron chi connectivity index (χ4n) is 1.84. The molecule has 0 radical (unpaired) electrons. The Morgan fingerprint density at radius 3 is 2.12 bits per heavy atom. The fourth-order valence-corrected chi connectivity index (χ4v) is 1.84. The number of fused-ring (bicyclic) bond motifs is 1. The average Bonchev–Trinajstić information content (AvgIpc) is 2.27. The predicted octanol–water partition coefficient (Wildman–Crippen LogP) is 4.48. The minimum absolute atomic E-state index is 0.541. The lowest BCUT2D eigenvalue weighted by Crippen LogP contribution is -1.92. The van der Waals surface area contributed by atoms with Gasteiger partial charge in [0.2, 0.25) is 0 Å². The number of pyridine rings is 1. The Balaban J connectivity index is 2.56. The van der Waals surface area contributed by atoms with Crippen LogP contribution < -0.4 is 0 Å². The molecule has 0 unspecified atom stereocenters. The standard InChI is InChI=1S/C15H19N/c1-10(2)12-5-6-15-13(7-12)8-14(9-16-15)11(3)4/h5-11H,1-4H3. The quantitative estimate of drug-likeness (QED) is 0.716. The number of rotatable bonds is 2. The highest BCUT2D eigenvalue weighted by Crippen LogP contribution is 2.23. The van der Waals surface area contributed by atoms with Crippen LogP contribution in [-0.4, -0.2) is 4.98 Å². The zero-order valence-electron chi connectivity index (χ0n) is 10.5. The van der Waals surface area contributed by atoms with E-state index in [1.807, 2.05) is 6.20 Å². The summed E-state index contributed by atoms with van der Waals surface area (Å²) in [6.45, 7) is 8.85. The first-order valence-electron chi connectivity index (χ1n) is 5.97. The molecule has 0 atom stereocenters. The van der Waals surface area contributed by atoms with Gasteiger partial charge < -0.3 is 0 Å².